The SMILES string of the molecule is CC(C)[O][V](=[O])[O]C(C)C.Cl. The van der Waals surface area contributed by atoms with Crippen molar-refractivity contribution < 1.29 is 26.8 Å². The van der Waals surface area contributed by atoms with E-state index in [9.17, 15) is 3.67 Å². The summed E-state index contributed by atoms with van der Waals surface area (Å²) >= 11 is -2.63. The first kappa shape index (κ1) is 14.1. The first-order valence-corrected chi connectivity index (χ1v) is 5.04. The van der Waals surface area contributed by atoms with E-state index < -0.39 is 15.8 Å². The van der Waals surface area contributed by atoms with Crippen LogP contribution in [-0.2, 0) is 26.8 Å². The van der Waals surface area contributed by atoms with Gasteiger partial charge in [-0.15, -0.1) is 12.4 Å². The molecule has 0 unspecified atom stereocenters. The Hall–Kier alpha value is 0.594. The van der Waals surface area contributed by atoms with E-state index in [4.69, 9.17) is 7.32 Å². The fourth-order valence-corrected chi connectivity index (χ4v) is 1.52. The summed E-state index contributed by atoms with van der Waals surface area (Å²) in [5.74, 6) is 0. The number of rotatable bonds is 4. The molecular formula is C6H15ClO3V. The third-order valence-corrected chi connectivity index (χ3v) is 2.45. The molecule has 0 amide bonds. The first-order chi connectivity index (χ1) is 4.52. The molecule has 11 heavy (non-hydrogen) atoms. The summed E-state index contributed by atoms with van der Waals surface area (Å²) in [5.41, 5.74) is 0. The summed E-state index contributed by atoms with van der Waals surface area (Å²) in [7, 11) is 0. The number of hydrogen-bond donors (Lipinski definition) is 0. The van der Waals surface area contributed by atoms with Crippen molar-refractivity contribution in [2.75, 3.05) is 0 Å². The zero-order chi connectivity index (χ0) is 8.15. The summed E-state index contributed by atoms with van der Waals surface area (Å²) in [4.78, 5) is 0. The van der Waals surface area contributed by atoms with E-state index in [1.807, 2.05) is 27.7 Å². The van der Waals surface area contributed by atoms with Gasteiger partial charge in [0.2, 0.25) is 0 Å². The summed E-state index contributed by atoms with van der Waals surface area (Å²) in [6, 6.07) is 0. The van der Waals surface area contributed by atoms with Crippen LogP contribution in [0.25, 0.3) is 0 Å². The zero-order valence-electron chi connectivity index (χ0n) is 7.23. The van der Waals surface area contributed by atoms with Crippen molar-refractivity contribution in [3.05, 3.63) is 0 Å². The van der Waals surface area contributed by atoms with E-state index in [-0.39, 0.29) is 24.6 Å². The van der Waals surface area contributed by atoms with Crippen molar-refractivity contribution in [1.29, 1.82) is 0 Å². The Morgan fingerprint density at radius 3 is 1.45 bits per heavy atom. The second kappa shape index (κ2) is 7.25. The van der Waals surface area contributed by atoms with E-state index >= 15 is 0 Å². The molecule has 0 aromatic heterocycles. The number of halogens is 1. The normalized spacial score (nSPS) is 10.0. The fourth-order valence-electron chi connectivity index (χ4n) is 0.369. The van der Waals surface area contributed by atoms with Gasteiger partial charge in [-0.25, -0.2) is 0 Å². The van der Waals surface area contributed by atoms with Crippen LogP contribution in [0.2, 0.25) is 0 Å². The Kier molecular flexibility index (Phi) is 9.32. The van der Waals surface area contributed by atoms with Crippen LogP contribution in [0, 0.1) is 0 Å². The van der Waals surface area contributed by atoms with Crippen molar-refractivity contribution in [2.24, 2.45) is 0 Å². The summed E-state index contributed by atoms with van der Waals surface area (Å²) in [5, 5.41) is 0. The van der Waals surface area contributed by atoms with E-state index in [2.05, 4.69) is 0 Å². The largest absolute Gasteiger partial charge is 0.147 e. The third kappa shape index (κ3) is 10.6. The van der Waals surface area contributed by atoms with Crippen molar-refractivity contribution in [2.45, 2.75) is 39.9 Å². The summed E-state index contributed by atoms with van der Waals surface area (Å²) in [6.45, 7) is 7.35. The Morgan fingerprint density at radius 2 is 1.27 bits per heavy atom. The van der Waals surface area contributed by atoms with Gasteiger partial charge in [-0.1, -0.05) is 0 Å². The van der Waals surface area contributed by atoms with Gasteiger partial charge in [0, 0.05) is 0 Å². The van der Waals surface area contributed by atoms with E-state index in [0.717, 1.165) is 0 Å². The third-order valence-electron chi connectivity index (χ3n) is 0.594. The average Bonchev–Trinajstić information content (AvgIpc) is 1.58. The molecule has 0 radical (unpaired) electrons. The Balaban J connectivity index is 0. The summed E-state index contributed by atoms with van der Waals surface area (Å²) in [6.07, 6.45) is -0.00694. The van der Waals surface area contributed by atoms with Gasteiger partial charge >= 0.3 is 66.7 Å². The van der Waals surface area contributed by atoms with Crippen LogP contribution in [0.3, 0.4) is 0 Å². The predicted molar refractivity (Wildman–Crippen MR) is 40.4 cm³/mol. The van der Waals surface area contributed by atoms with Crippen LogP contribution in [0.5, 0.6) is 0 Å². The van der Waals surface area contributed by atoms with Crippen molar-refractivity contribution in [3.8, 4) is 0 Å². The van der Waals surface area contributed by atoms with Crippen LogP contribution in [0.1, 0.15) is 27.7 Å². The molecule has 0 aromatic rings. The molecule has 0 fully saturated rings. The van der Waals surface area contributed by atoms with Gasteiger partial charge in [-0.2, -0.15) is 0 Å². The second-order valence-corrected chi connectivity index (χ2v) is 3.89. The minimum atomic E-state index is -2.63. The van der Waals surface area contributed by atoms with Gasteiger partial charge in [-0.3, -0.25) is 0 Å². The van der Waals surface area contributed by atoms with Crippen LogP contribution >= 0.6 is 12.4 Å². The molecule has 0 N–H and O–H groups in total. The quantitative estimate of drug-likeness (QED) is 0.729. The van der Waals surface area contributed by atoms with Gasteiger partial charge in [-0.05, 0) is 0 Å². The van der Waals surface area contributed by atoms with Crippen LogP contribution < -0.4 is 0 Å². The molecule has 0 spiro atoms. The van der Waals surface area contributed by atoms with Crippen molar-refractivity contribution in [3.63, 3.8) is 0 Å². The molecule has 69 valence electrons. The molecule has 0 bridgehead atoms. The molecule has 0 aliphatic carbocycles. The monoisotopic (exact) mass is 221 g/mol. The van der Waals surface area contributed by atoms with Gasteiger partial charge in [0.05, 0.1) is 0 Å². The maximum absolute atomic E-state index is 10.8. The minimum Gasteiger partial charge on any atom is -0.147 e. The maximum Gasteiger partial charge on any atom is -0.147 e. The standard InChI is InChI=1S/2C3H7O.ClH.O.V/c2*1-3(2)4;;;/h2*3H,1-2H3;1H;;/q2*-1;;;+2. The maximum atomic E-state index is 10.8. The van der Waals surface area contributed by atoms with Crippen LogP contribution in [-0.4, -0.2) is 12.2 Å². The van der Waals surface area contributed by atoms with Gasteiger partial charge in [0.25, 0.3) is 0 Å². The van der Waals surface area contributed by atoms with E-state index in [1.54, 1.807) is 0 Å². The molecule has 0 atom stereocenters. The van der Waals surface area contributed by atoms with Gasteiger partial charge < -0.3 is 0 Å². The Bertz CT molecular complexity index is 104. The topological polar surface area (TPSA) is 35.5 Å². The van der Waals surface area contributed by atoms with Gasteiger partial charge in [0.1, 0.15) is 0 Å². The molecule has 0 aliphatic heterocycles. The van der Waals surface area contributed by atoms with E-state index in [0.29, 0.717) is 0 Å². The minimum absolute atomic E-state index is 0. The fraction of sp³-hybridized carbons (Fsp3) is 1.00. The van der Waals surface area contributed by atoms with Crippen molar-refractivity contribution in [1.82, 2.24) is 0 Å². The molecule has 0 heterocycles. The molecule has 3 nitrogen and oxygen atoms in total. The molecule has 0 saturated carbocycles. The predicted octanol–water partition coefficient (Wildman–Crippen LogP) is 2.05. The van der Waals surface area contributed by atoms with Crippen LogP contribution in [0.4, 0.5) is 0 Å². The second-order valence-electron chi connectivity index (χ2n) is 2.53. The summed E-state index contributed by atoms with van der Waals surface area (Å²) < 4.78 is 20.7. The zero-order valence-corrected chi connectivity index (χ0v) is 9.45. The van der Waals surface area contributed by atoms with Crippen molar-refractivity contribution >= 4 is 12.4 Å². The van der Waals surface area contributed by atoms with E-state index in [1.165, 1.54) is 0 Å². The number of hydrogen-bond acceptors (Lipinski definition) is 3. The van der Waals surface area contributed by atoms with Crippen LogP contribution in [0.15, 0.2) is 0 Å². The molecule has 0 saturated heterocycles. The smallest absolute Gasteiger partial charge is 0.147 e. The molecule has 5 heteroatoms. The molecule has 0 rings (SSSR count). The Labute approximate surface area is 79.4 Å². The average molecular weight is 222 g/mol. The molecule has 0 aromatic carbocycles. The first-order valence-electron chi connectivity index (χ1n) is 3.33. The Morgan fingerprint density at radius 1 is 1.00 bits per heavy atom. The molecule has 0 aliphatic rings. The molecular weight excluding hydrogens is 206 g/mol. The van der Waals surface area contributed by atoms with Gasteiger partial charge in [0.15, 0.2) is 0 Å².